The number of aliphatic carboxylic acids is 1. The van der Waals surface area contributed by atoms with Crippen LogP contribution in [0.4, 0.5) is 0 Å². The fourth-order valence-electron chi connectivity index (χ4n) is 3.59. The molecule has 134 valence electrons. The van der Waals surface area contributed by atoms with Gasteiger partial charge in [-0.15, -0.1) is 0 Å². The maximum atomic E-state index is 11.8. The van der Waals surface area contributed by atoms with E-state index in [1.165, 1.54) is 5.56 Å². The van der Waals surface area contributed by atoms with Crippen molar-refractivity contribution in [2.24, 2.45) is 5.41 Å². The lowest BCUT2D eigenvalue weighted by Gasteiger charge is -2.43. The molecule has 2 N–H and O–H groups in total. The number of hydrogen-bond donors (Lipinski definition) is 2. The molecule has 2 atom stereocenters. The highest BCUT2D eigenvalue weighted by Gasteiger charge is 2.48. The van der Waals surface area contributed by atoms with Crippen molar-refractivity contribution in [2.45, 2.75) is 45.6 Å². The van der Waals surface area contributed by atoms with Crippen molar-refractivity contribution in [3.63, 3.8) is 0 Å². The lowest BCUT2D eigenvalue weighted by atomic mass is 9.74. The van der Waals surface area contributed by atoms with E-state index in [2.05, 4.69) is 17.9 Å². The van der Waals surface area contributed by atoms with Gasteiger partial charge in [0, 0.05) is 19.6 Å². The first-order valence-electron chi connectivity index (χ1n) is 8.88. The molecule has 1 aromatic rings. The Kier molecular flexibility index (Phi) is 6.63. The van der Waals surface area contributed by atoms with Gasteiger partial charge in [0.2, 0.25) is 0 Å². The molecule has 0 saturated carbocycles. The summed E-state index contributed by atoms with van der Waals surface area (Å²) in [6.45, 7) is 6.34. The summed E-state index contributed by atoms with van der Waals surface area (Å²) < 4.78 is 5.89. The number of ether oxygens (including phenoxy) is 1. The molecule has 0 bridgehead atoms. The molecule has 1 fully saturated rings. The van der Waals surface area contributed by atoms with E-state index in [0.29, 0.717) is 39.1 Å². The molecule has 0 amide bonds. The molecule has 24 heavy (non-hydrogen) atoms. The third kappa shape index (κ3) is 4.08. The maximum absolute atomic E-state index is 11.8. The van der Waals surface area contributed by atoms with Crippen LogP contribution in [0.5, 0.6) is 5.75 Å². The minimum absolute atomic E-state index is 0.385. The van der Waals surface area contributed by atoms with E-state index in [0.717, 1.165) is 18.6 Å². The number of aliphatic hydroxyl groups excluding tert-OH is 1. The molecule has 5 heteroatoms. The number of aryl methyl sites for hydroxylation is 1. The van der Waals surface area contributed by atoms with Crippen LogP contribution >= 0.6 is 0 Å². The summed E-state index contributed by atoms with van der Waals surface area (Å²) in [6.07, 6.45) is 1.90. The van der Waals surface area contributed by atoms with Gasteiger partial charge in [-0.05, 0) is 30.9 Å². The fraction of sp³-hybridized carbons (Fsp3) is 0.632. The summed E-state index contributed by atoms with van der Waals surface area (Å²) in [7, 11) is 0. The summed E-state index contributed by atoms with van der Waals surface area (Å²) >= 11 is 0. The van der Waals surface area contributed by atoms with E-state index in [-0.39, 0.29) is 0 Å². The van der Waals surface area contributed by atoms with Crippen LogP contribution in [0.25, 0.3) is 0 Å². The molecule has 5 nitrogen and oxygen atoms in total. The van der Waals surface area contributed by atoms with Gasteiger partial charge in [0.05, 0.1) is 6.10 Å². The van der Waals surface area contributed by atoms with E-state index in [4.69, 9.17) is 4.74 Å². The van der Waals surface area contributed by atoms with Gasteiger partial charge < -0.3 is 14.9 Å². The van der Waals surface area contributed by atoms with Crippen molar-refractivity contribution >= 4 is 5.97 Å². The number of carboxylic acid groups (broad SMARTS) is 1. The Morgan fingerprint density at radius 2 is 2.12 bits per heavy atom. The van der Waals surface area contributed by atoms with Gasteiger partial charge in [0.15, 0.2) is 0 Å². The average molecular weight is 335 g/mol. The van der Waals surface area contributed by atoms with E-state index < -0.39 is 17.5 Å². The number of rotatable bonds is 8. The Morgan fingerprint density at radius 1 is 1.38 bits per heavy atom. The number of piperidine rings is 1. The summed E-state index contributed by atoms with van der Waals surface area (Å²) in [6, 6.07) is 7.99. The van der Waals surface area contributed by atoms with Crippen molar-refractivity contribution in [1.29, 1.82) is 0 Å². The van der Waals surface area contributed by atoms with Crippen molar-refractivity contribution in [2.75, 3.05) is 26.2 Å². The van der Waals surface area contributed by atoms with Crippen molar-refractivity contribution in [3.05, 3.63) is 29.8 Å². The highest BCUT2D eigenvalue weighted by Crippen LogP contribution is 2.35. The van der Waals surface area contributed by atoms with Crippen LogP contribution < -0.4 is 4.74 Å². The predicted molar refractivity (Wildman–Crippen MR) is 93.4 cm³/mol. The van der Waals surface area contributed by atoms with Gasteiger partial charge in [-0.3, -0.25) is 9.69 Å². The van der Waals surface area contributed by atoms with Crippen LogP contribution in [-0.2, 0) is 11.2 Å². The van der Waals surface area contributed by atoms with Crippen LogP contribution in [0, 0.1) is 5.41 Å². The molecule has 1 aliphatic heterocycles. The zero-order valence-electron chi connectivity index (χ0n) is 14.7. The van der Waals surface area contributed by atoms with Crippen LogP contribution in [-0.4, -0.2) is 53.4 Å². The minimum Gasteiger partial charge on any atom is -0.492 e. The van der Waals surface area contributed by atoms with Crippen LogP contribution in [0.2, 0.25) is 0 Å². The van der Waals surface area contributed by atoms with Gasteiger partial charge in [0.1, 0.15) is 17.8 Å². The number of benzene rings is 1. The van der Waals surface area contributed by atoms with Crippen LogP contribution in [0.3, 0.4) is 0 Å². The Labute approximate surface area is 144 Å². The van der Waals surface area contributed by atoms with Crippen LogP contribution in [0.15, 0.2) is 24.3 Å². The van der Waals surface area contributed by atoms with Gasteiger partial charge in [-0.25, -0.2) is 0 Å². The van der Waals surface area contributed by atoms with Gasteiger partial charge in [-0.2, -0.15) is 0 Å². The van der Waals surface area contributed by atoms with Gasteiger partial charge in [-0.1, -0.05) is 38.5 Å². The number of hydrogen-bond acceptors (Lipinski definition) is 4. The molecule has 0 radical (unpaired) electrons. The topological polar surface area (TPSA) is 70.0 Å². The van der Waals surface area contributed by atoms with Crippen molar-refractivity contribution < 1.29 is 19.7 Å². The third-order valence-electron chi connectivity index (χ3n) is 5.00. The Morgan fingerprint density at radius 3 is 2.79 bits per heavy atom. The highest BCUT2D eigenvalue weighted by atomic mass is 16.5. The maximum Gasteiger partial charge on any atom is 0.313 e. The summed E-state index contributed by atoms with van der Waals surface area (Å²) in [5.74, 6) is 0.00824. The standard InChI is InChI=1S/C19H29NO4/c1-3-10-19(18(22)23)14-20(11-9-17(19)21)12-13-24-16-8-6-5-7-15(16)4-2/h5-8,17,21H,3-4,9-14H2,1-2H3,(H,22,23)/t17-,19-/m0/s1. The minimum atomic E-state index is -1.05. The molecule has 0 unspecified atom stereocenters. The number of para-hydroxylation sites is 1. The predicted octanol–water partition coefficient (Wildman–Crippen LogP) is 2.57. The first kappa shape index (κ1) is 18.7. The van der Waals surface area contributed by atoms with E-state index in [1.54, 1.807) is 0 Å². The average Bonchev–Trinajstić information content (AvgIpc) is 2.58. The summed E-state index contributed by atoms with van der Waals surface area (Å²) in [5, 5.41) is 19.9. The molecule has 0 aromatic heterocycles. The largest absolute Gasteiger partial charge is 0.492 e. The second kappa shape index (κ2) is 8.49. The van der Waals surface area contributed by atoms with Gasteiger partial charge >= 0.3 is 5.97 Å². The summed E-state index contributed by atoms with van der Waals surface area (Å²) in [5.41, 5.74) is 0.131. The Bertz CT molecular complexity index is 548. The van der Waals surface area contributed by atoms with Gasteiger partial charge in [0.25, 0.3) is 0 Å². The first-order chi connectivity index (χ1) is 11.5. The quantitative estimate of drug-likeness (QED) is 0.764. The monoisotopic (exact) mass is 335 g/mol. The number of carboxylic acids is 1. The number of carbonyl (C=O) groups is 1. The number of aliphatic hydroxyl groups is 1. The first-order valence-corrected chi connectivity index (χ1v) is 8.88. The normalized spacial score (nSPS) is 24.7. The van der Waals surface area contributed by atoms with E-state index >= 15 is 0 Å². The van der Waals surface area contributed by atoms with E-state index in [1.807, 2.05) is 25.1 Å². The molecule has 1 saturated heterocycles. The molecule has 1 heterocycles. The molecule has 1 aromatic carbocycles. The smallest absolute Gasteiger partial charge is 0.313 e. The Hall–Kier alpha value is -1.59. The third-order valence-corrected chi connectivity index (χ3v) is 5.00. The molecule has 2 rings (SSSR count). The fourth-order valence-corrected chi connectivity index (χ4v) is 3.59. The summed E-state index contributed by atoms with van der Waals surface area (Å²) in [4.78, 5) is 13.9. The zero-order chi connectivity index (χ0) is 17.6. The molecular formula is C19H29NO4. The molecule has 0 spiro atoms. The number of nitrogens with zero attached hydrogens (tertiary/aromatic N) is 1. The molecule has 1 aliphatic rings. The second-order valence-corrected chi connectivity index (χ2v) is 6.60. The lowest BCUT2D eigenvalue weighted by molar-refractivity contribution is -0.164. The number of likely N-dealkylation sites (tertiary alicyclic amines) is 1. The zero-order valence-corrected chi connectivity index (χ0v) is 14.7. The van der Waals surface area contributed by atoms with Crippen LogP contribution in [0.1, 0.15) is 38.7 Å². The van der Waals surface area contributed by atoms with Crippen molar-refractivity contribution in [1.82, 2.24) is 4.90 Å². The lowest BCUT2D eigenvalue weighted by Crippen LogP contribution is -2.56. The van der Waals surface area contributed by atoms with Crippen molar-refractivity contribution in [3.8, 4) is 5.75 Å². The van der Waals surface area contributed by atoms with E-state index in [9.17, 15) is 15.0 Å². The second-order valence-electron chi connectivity index (χ2n) is 6.60. The Balaban J connectivity index is 1.94. The molecular weight excluding hydrogens is 306 g/mol. The highest BCUT2D eigenvalue weighted by molar-refractivity contribution is 5.76. The SMILES string of the molecule is CCC[C@]1(C(=O)O)CN(CCOc2ccccc2CC)CC[C@@H]1O. The molecule has 0 aliphatic carbocycles.